The first-order valence-corrected chi connectivity index (χ1v) is 6.42. The average molecular weight is 253 g/mol. The Morgan fingerprint density at radius 3 is 2.74 bits per heavy atom. The second-order valence-corrected chi connectivity index (χ2v) is 4.81. The van der Waals surface area contributed by atoms with Crippen LogP contribution in [0.25, 0.3) is 0 Å². The van der Waals surface area contributed by atoms with Crippen LogP contribution in [0.4, 0.5) is 0 Å². The van der Waals surface area contributed by atoms with Crippen LogP contribution in [0.15, 0.2) is 48.5 Å². The van der Waals surface area contributed by atoms with Crippen LogP contribution in [0.1, 0.15) is 33.9 Å². The first kappa shape index (κ1) is 11.8. The molecule has 0 saturated heterocycles. The average Bonchev–Trinajstić information content (AvgIpc) is 2.82. The number of fused-ring (bicyclic) bond motifs is 1. The lowest BCUT2D eigenvalue weighted by molar-refractivity contribution is 0.0936. The molecule has 19 heavy (non-hydrogen) atoms. The Balaban J connectivity index is 1.78. The monoisotopic (exact) mass is 253 g/mol. The second kappa shape index (κ2) is 4.76. The van der Waals surface area contributed by atoms with Crippen LogP contribution in [0.3, 0.4) is 0 Å². The Morgan fingerprint density at radius 2 is 1.95 bits per heavy atom. The van der Waals surface area contributed by atoms with E-state index in [9.17, 15) is 9.90 Å². The number of hydrogen-bond donors (Lipinski definition) is 2. The van der Waals surface area contributed by atoms with E-state index in [2.05, 4.69) is 5.32 Å². The maximum atomic E-state index is 12.1. The van der Waals surface area contributed by atoms with Crippen molar-refractivity contribution < 1.29 is 9.90 Å². The Kier molecular flexibility index (Phi) is 2.95. The van der Waals surface area contributed by atoms with Crippen LogP contribution in [-0.4, -0.2) is 11.0 Å². The van der Waals surface area contributed by atoms with E-state index in [1.54, 1.807) is 12.1 Å². The number of aryl methyl sites for hydroxylation is 1. The number of carbonyl (C=O) groups is 1. The van der Waals surface area contributed by atoms with E-state index in [1.165, 1.54) is 0 Å². The molecule has 0 bridgehead atoms. The summed E-state index contributed by atoms with van der Waals surface area (Å²) in [6, 6.07) is 14.6. The van der Waals surface area contributed by atoms with Gasteiger partial charge in [-0.1, -0.05) is 24.3 Å². The number of amides is 1. The van der Waals surface area contributed by atoms with Gasteiger partial charge in [-0.25, -0.2) is 0 Å². The normalized spacial score (nSPS) is 16.9. The fraction of sp³-hybridized carbons (Fsp3) is 0.188. The largest absolute Gasteiger partial charge is 0.508 e. The number of carbonyl (C=O) groups excluding carboxylic acids is 1. The van der Waals surface area contributed by atoms with Gasteiger partial charge in [-0.05, 0) is 48.2 Å². The van der Waals surface area contributed by atoms with Crippen molar-refractivity contribution in [1.82, 2.24) is 5.32 Å². The standard InChI is InChI=1S/C16H15NO2/c18-13-7-8-14-12(10-13)6-9-15(14)17-16(19)11-4-2-1-3-5-11/h1-5,7-8,10,15,18H,6,9H2,(H,17,19). The number of phenolic OH excluding ortho intramolecular Hbond substituents is 1. The third kappa shape index (κ3) is 2.32. The predicted octanol–water partition coefficient (Wildman–Crippen LogP) is 2.81. The minimum atomic E-state index is -0.0495. The predicted molar refractivity (Wildman–Crippen MR) is 73.1 cm³/mol. The van der Waals surface area contributed by atoms with E-state index in [-0.39, 0.29) is 17.7 Å². The van der Waals surface area contributed by atoms with Gasteiger partial charge in [0, 0.05) is 5.56 Å². The first-order valence-electron chi connectivity index (χ1n) is 6.42. The number of nitrogens with one attached hydrogen (secondary N) is 1. The van der Waals surface area contributed by atoms with E-state index in [0.717, 1.165) is 24.0 Å². The van der Waals surface area contributed by atoms with E-state index >= 15 is 0 Å². The fourth-order valence-electron chi connectivity index (χ4n) is 2.58. The molecule has 1 amide bonds. The zero-order chi connectivity index (χ0) is 13.2. The fourth-order valence-corrected chi connectivity index (χ4v) is 2.58. The van der Waals surface area contributed by atoms with E-state index in [0.29, 0.717) is 5.56 Å². The molecule has 3 rings (SSSR count). The van der Waals surface area contributed by atoms with E-state index < -0.39 is 0 Å². The van der Waals surface area contributed by atoms with Crippen LogP contribution in [0.2, 0.25) is 0 Å². The topological polar surface area (TPSA) is 49.3 Å². The molecule has 0 aromatic heterocycles. The Labute approximate surface area is 111 Å². The molecule has 0 saturated carbocycles. The third-order valence-electron chi connectivity index (χ3n) is 3.55. The summed E-state index contributed by atoms with van der Waals surface area (Å²) < 4.78 is 0. The molecule has 0 aliphatic heterocycles. The van der Waals surface area contributed by atoms with Crippen LogP contribution < -0.4 is 5.32 Å². The van der Waals surface area contributed by atoms with Crippen molar-refractivity contribution in [2.45, 2.75) is 18.9 Å². The quantitative estimate of drug-likeness (QED) is 0.864. The van der Waals surface area contributed by atoms with Gasteiger partial charge < -0.3 is 10.4 Å². The summed E-state index contributed by atoms with van der Waals surface area (Å²) >= 11 is 0. The smallest absolute Gasteiger partial charge is 0.251 e. The van der Waals surface area contributed by atoms with Crippen LogP contribution in [0, 0.1) is 0 Å². The number of aromatic hydroxyl groups is 1. The Morgan fingerprint density at radius 1 is 1.16 bits per heavy atom. The molecule has 0 radical (unpaired) electrons. The highest BCUT2D eigenvalue weighted by Gasteiger charge is 2.24. The van der Waals surface area contributed by atoms with Crippen LogP contribution in [-0.2, 0) is 6.42 Å². The summed E-state index contributed by atoms with van der Waals surface area (Å²) in [6.45, 7) is 0. The van der Waals surface area contributed by atoms with Crippen molar-refractivity contribution in [3.05, 3.63) is 65.2 Å². The number of hydrogen-bond acceptors (Lipinski definition) is 2. The van der Waals surface area contributed by atoms with Crippen molar-refractivity contribution in [3.63, 3.8) is 0 Å². The maximum absolute atomic E-state index is 12.1. The number of benzene rings is 2. The van der Waals surface area contributed by atoms with Gasteiger partial charge in [-0.2, -0.15) is 0 Å². The molecule has 1 aliphatic carbocycles. The van der Waals surface area contributed by atoms with E-state index in [4.69, 9.17) is 0 Å². The molecule has 2 N–H and O–H groups in total. The number of phenols is 1. The van der Waals surface area contributed by atoms with Crippen LogP contribution in [0.5, 0.6) is 5.75 Å². The van der Waals surface area contributed by atoms with Crippen LogP contribution >= 0.6 is 0 Å². The highest BCUT2D eigenvalue weighted by molar-refractivity contribution is 5.94. The maximum Gasteiger partial charge on any atom is 0.251 e. The van der Waals surface area contributed by atoms with Gasteiger partial charge in [-0.3, -0.25) is 4.79 Å². The van der Waals surface area contributed by atoms with Gasteiger partial charge >= 0.3 is 0 Å². The van der Waals surface area contributed by atoms with Gasteiger partial charge in [0.05, 0.1) is 6.04 Å². The van der Waals surface area contributed by atoms with Gasteiger partial charge in [-0.15, -0.1) is 0 Å². The molecule has 2 aromatic rings. The van der Waals surface area contributed by atoms with Gasteiger partial charge in [0.25, 0.3) is 5.91 Å². The molecule has 3 heteroatoms. The third-order valence-corrected chi connectivity index (χ3v) is 3.55. The van der Waals surface area contributed by atoms with Gasteiger partial charge in [0.1, 0.15) is 5.75 Å². The molecular weight excluding hydrogens is 238 g/mol. The van der Waals surface area contributed by atoms with Crippen molar-refractivity contribution in [3.8, 4) is 5.75 Å². The van der Waals surface area contributed by atoms with Gasteiger partial charge in [0.2, 0.25) is 0 Å². The molecule has 3 nitrogen and oxygen atoms in total. The van der Waals surface area contributed by atoms with Gasteiger partial charge in [0.15, 0.2) is 0 Å². The van der Waals surface area contributed by atoms with Crippen molar-refractivity contribution in [2.24, 2.45) is 0 Å². The summed E-state index contributed by atoms with van der Waals surface area (Å²) in [6.07, 6.45) is 1.78. The lowest BCUT2D eigenvalue weighted by Crippen LogP contribution is -2.26. The lowest BCUT2D eigenvalue weighted by atomic mass is 10.1. The lowest BCUT2D eigenvalue weighted by Gasteiger charge is -2.14. The highest BCUT2D eigenvalue weighted by atomic mass is 16.3. The zero-order valence-corrected chi connectivity index (χ0v) is 10.5. The Hall–Kier alpha value is -2.29. The summed E-state index contributed by atoms with van der Waals surface area (Å²) in [5, 5.41) is 12.5. The van der Waals surface area contributed by atoms with Crippen molar-refractivity contribution in [1.29, 1.82) is 0 Å². The minimum Gasteiger partial charge on any atom is -0.508 e. The SMILES string of the molecule is O=C(NC1CCc2cc(O)ccc21)c1ccccc1. The molecule has 0 heterocycles. The summed E-state index contributed by atoms with van der Waals surface area (Å²) in [5.74, 6) is 0.236. The molecular formula is C16H15NO2. The van der Waals surface area contributed by atoms with E-state index in [1.807, 2.05) is 36.4 Å². The first-order chi connectivity index (χ1) is 9.24. The highest BCUT2D eigenvalue weighted by Crippen LogP contribution is 2.33. The molecule has 1 aliphatic rings. The zero-order valence-electron chi connectivity index (χ0n) is 10.5. The van der Waals surface area contributed by atoms with Crippen molar-refractivity contribution in [2.75, 3.05) is 0 Å². The number of rotatable bonds is 2. The minimum absolute atomic E-state index is 0.0447. The summed E-state index contributed by atoms with van der Waals surface area (Å²) in [7, 11) is 0. The second-order valence-electron chi connectivity index (χ2n) is 4.81. The molecule has 1 atom stereocenters. The summed E-state index contributed by atoms with van der Waals surface area (Å²) in [4.78, 5) is 12.1. The van der Waals surface area contributed by atoms with Crippen molar-refractivity contribution >= 4 is 5.91 Å². The molecule has 2 aromatic carbocycles. The molecule has 96 valence electrons. The summed E-state index contributed by atoms with van der Waals surface area (Å²) in [5.41, 5.74) is 2.91. The molecule has 1 unspecified atom stereocenters. The molecule has 0 spiro atoms. The molecule has 0 fully saturated rings. The Bertz CT molecular complexity index is 607.